The molecule has 2 bridgehead atoms. The van der Waals surface area contributed by atoms with Crippen molar-refractivity contribution in [2.45, 2.75) is 30.8 Å². The topological polar surface area (TPSA) is 71.7 Å². The van der Waals surface area contributed by atoms with Crippen molar-refractivity contribution >= 4 is 11.7 Å². The highest BCUT2D eigenvalue weighted by molar-refractivity contribution is 5.92. The number of piperidine rings is 3. The summed E-state index contributed by atoms with van der Waals surface area (Å²) in [7, 11) is 1.70. The number of methoxy groups -OCH3 is 1. The van der Waals surface area contributed by atoms with Gasteiger partial charge in [0.1, 0.15) is 11.6 Å². The van der Waals surface area contributed by atoms with E-state index >= 15 is 0 Å². The van der Waals surface area contributed by atoms with Gasteiger partial charge in [-0.15, -0.1) is 0 Å². The average molecular weight is 378 g/mol. The molecule has 28 heavy (non-hydrogen) atoms. The zero-order valence-electron chi connectivity index (χ0n) is 16.1. The number of carbonyl (C=O) groups is 1. The van der Waals surface area contributed by atoms with Gasteiger partial charge < -0.3 is 15.4 Å². The van der Waals surface area contributed by atoms with E-state index in [0.717, 1.165) is 18.1 Å². The Hall–Kier alpha value is -2.60. The van der Waals surface area contributed by atoms with Gasteiger partial charge in [0.25, 0.3) is 0 Å². The Balaban J connectivity index is 1.50. The number of hydrogen-bond acceptors (Lipinski definition) is 5. The standard InChI is InChI=1S/C22H26N4O2/c1-28-17-5-2-14(3-6-17)18-13-26(19-7-4-16(12-24-19)22(23)27)20-15-8-10-25(11-9-15)21(18)20/h2-7,12,15,18,20-21H,8-11,13H2,1H3,(H2,23,27)/t18-,20+,21+/m0/s1. The summed E-state index contributed by atoms with van der Waals surface area (Å²) in [6.07, 6.45) is 4.12. The van der Waals surface area contributed by atoms with E-state index in [-0.39, 0.29) is 0 Å². The lowest BCUT2D eigenvalue weighted by molar-refractivity contribution is 0.0354. The van der Waals surface area contributed by atoms with Crippen LogP contribution in [0.1, 0.15) is 34.7 Å². The Morgan fingerprint density at radius 2 is 1.86 bits per heavy atom. The number of hydrogen-bond donors (Lipinski definition) is 1. The molecule has 0 saturated carbocycles. The van der Waals surface area contributed by atoms with Crippen molar-refractivity contribution < 1.29 is 9.53 Å². The minimum Gasteiger partial charge on any atom is -0.497 e. The summed E-state index contributed by atoms with van der Waals surface area (Å²) < 4.78 is 5.34. The van der Waals surface area contributed by atoms with E-state index in [1.165, 1.54) is 31.5 Å². The van der Waals surface area contributed by atoms with Crippen LogP contribution in [-0.2, 0) is 0 Å². The molecule has 5 heterocycles. The number of fused-ring (bicyclic) bond motifs is 2. The number of ether oxygens (including phenoxy) is 1. The lowest BCUT2D eigenvalue weighted by Crippen LogP contribution is -2.60. The fraction of sp³-hybridized carbons (Fsp3) is 0.455. The highest BCUT2D eigenvalue weighted by Gasteiger charge is 2.53. The number of nitrogens with two attached hydrogens (primary N) is 1. The van der Waals surface area contributed by atoms with Gasteiger partial charge in [-0.3, -0.25) is 9.69 Å². The molecule has 0 aliphatic carbocycles. The summed E-state index contributed by atoms with van der Waals surface area (Å²) in [6, 6.07) is 13.3. The maximum Gasteiger partial charge on any atom is 0.250 e. The molecular formula is C22H26N4O2. The first-order valence-electron chi connectivity index (χ1n) is 10.1. The third-order valence-corrected chi connectivity index (χ3v) is 6.86. The van der Waals surface area contributed by atoms with Crippen molar-refractivity contribution in [2.75, 3.05) is 31.6 Å². The first-order valence-corrected chi connectivity index (χ1v) is 10.1. The van der Waals surface area contributed by atoms with Crippen molar-refractivity contribution in [3.8, 4) is 5.75 Å². The van der Waals surface area contributed by atoms with E-state index in [9.17, 15) is 4.79 Å². The molecule has 2 N–H and O–H groups in total. The minimum absolute atomic E-state index is 0.433. The Kier molecular flexibility index (Phi) is 4.23. The van der Waals surface area contributed by atoms with Crippen molar-refractivity contribution in [1.82, 2.24) is 9.88 Å². The summed E-state index contributed by atoms with van der Waals surface area (Å²) in [5.41, 5.74) is 7.20. The molecule has 0 unspecified atom stereocenters. The van der Waals surface area contributed by atoms with Gasteiger partial charge in [-0.25, -0.2) is 4.98 Å². The second-order valence-electron chi connectivity index (χ2n) is 8.16. The Morgan fingerprint density at radius 3 is 2.46 bits per heavy atom. The average Bonchev–Trinajstić information content (AvgIpc) is 3.17. The summed E-state index contributed by atoms with van der Waals surface area (Å²) in [5.74, 6) is 2.55. The van der Waals surface area contributed by atoms with Crippen LogP contribution in [0.3, 0.4) is 0 Å². The largest absolute Gasteiger partial charge is 0.497 e. The highest BCUT2D eigenvalue weighted by atomic mass is 16.5. The van der Waals surface area contributed by atoms with Crippen molar-refractivity contribution in [3.63, 3.8) is 0 Å². The van der Waals surface area contributed by atoms with Gasteiger partial charge >= 0.3 is 0 Å². The highest BCUT2D eigenvalue weighted by Crippen LogP contribution is 2.47. The van der Waals surface area contributed by atoms with Crippen LogP contribution in [0.2, 0.25) is 0 Å². The van der Waals surface area contributed by atoms with Crippen LogP contribution in [0.4, 0.5) is 5.82 Å². The molecule has 1 aromatic carbocycles. The molecule has 6 rings (SSSR count). The Bertz CT molecular complexity index is 859. The third kappa shape index (κ3) is 2.75. The number of pyridine rings is 1. The van der Waals surface area contributed by atoms with Gasteiger partial charge in [0.2, 0.25) is 5.91 Å². The number of anilines is 1. The fourth-order valence-corrected chi connectivity index (χ4v) is 5.53. The van der Waals surface area contributed by atoms with E-state index < -0.39 is 5.91 Å². The van der Waals surface area contributed by atoms with Gasteiger partial charge in [0.15, 0.2) is 0 Å². The van der Waals surface area contributed by atoms with E-state index in [2.05, 4.69) is 39.0 Å². The van der Waals surface area contributed by atoms with Crippen molar-refractivity contribution in [2.24, 2.45) is 11.7 Å². The van der Waals surface area contributed by atoms with Crippen LogP contribution in [0.15, 0.2) is 42.6 Å². The lowest BCUT2D eigenvalue weighted by atomic mass is 9.75. The number of amides is 1. The third-order valence-electron chi connectivity index (χ3n) is 6.86. The molecule has 0 radical (unpaired) electrons. The summed E-state index contributed by atoms with van der Waals surface area (Å²) in [4.78, 5) is 21.2. The van der Waals surface area contributed by atoms with Crippen LogP contribution < -0.4 is 15.4 Å². The molecule has 6 nitrogen and oxygen atoms in total. The fourth-order valence-electron chi connectivity index (χ4n) is 5.53. The number of nitrogens with zero attached hydrogens (tertiary/aromatic N) is 3. The number of primary amides is 1. The SMILES string of the molecule is COc1ccc([C@@H]2CN(c3ccc(C(N)=O)cn3)[C@@H]3C4CCN(CC4)[C@@H]32)cc1. The summed E-state index contributed by atoms with van der Waals surface area (Å²) >= 11 is 0. The minimum atomic E-state index is -0.433. The second kappa shape index (κ2) is 6.78. The maximum absolute atomic E-state index is 11.4. The molecule has 4 fully saturated rings. The number of carbonyl (C=O) groups excluding carboxylic acids is 1. The first kappa shape index (κ1) is 17.5. The van der Waals surface area contributed by atoms with Gasteiger partial charge in [0.05, 0.1) is 12.7 Å². The van der Waals surface area contributed by atoms with Gasteiger partial charge in [0, 0.05) is 30.7 Å². The maximum atomic E-state index is 11.4. The zero-order valence-corrected chi connectivity index (χ0v) is 16.1. The summed E-state index contributed by atoms with van der Waals surface area (Å²) in [5, 5.41) is 0. The molecule has 4 saturated heterocycles. The van der Waals surface area contributed by atoms with Crippen molar-refractivity contribution in [1.29, 1.82) is 0 Å². The first-order chi connectivity index (χ1) is 13.7. The smallest absolute Gasteiger partial charge is 0.250 e. The number of aromatic nitrogens is 1. The molecule has 146 valence electrons. The van der Waals surface area contributed by atoms with E-state index in [1.54, 1.807) is 19.4 Å². The predicted molar refractivity (Wildman–Crippen MR) is 108 cm³/mol. The van der Waals surface area contributed by atoms with Gasteiger partial charge in [-0.1, -0.05) is 12.1 Å². The molecular weight excluding hydrogens is 352 g/mol. The number of rotatable bonds is 4. The predicted octanol–water partition coefficient (Wildman–Crippen LogP) is 2.26. The van der Waals surface area contributed by atoms with Gasteiger partial charge in [-0.2, -0.15) is 0 Å². The van der Waals surface area contributed by atoms with Gasteiger partial charge in [-0.05, 0) is 61.7 Å². The molecule has 6 heteroatoms. The Morgan fingerprint density at radius 1 is 1.11 bits per heavy atom. The van der Waals surface area contributed by atoms with E-state index in [4.69, 9.17) is 10.5 Å². The molecule has 2 aromatic rings. The molecule has 0 spiro atoms. The van der Waals surface area contributed by atoms with Crippen LogP contribution >= 0.6 is 0 Å². The summed E-state index contributed by atoms with van der Waals surface area (Å²) in [6.45, 7) is 3.33. The molecule has 1 amide bonds. The van der Waals surface area contributed by atoms with E-state index in [1.807, 2.05) is 6.07 Å². The van der Waals surface area contributed by atoms with Crippen molar-refractivity contribution in [3.05, 3.63) is 53.7 Å². The normalized spacial score (nSPS) is 30.9. The Labute approximate surface area is 165 Å². The monoisotopic (exact) mass is 378 g/mol. The molecule has 1 aromatic heterocycles. The molecule has 4 aliphatic heterocycles. The van der Waals surface area contributed by atoms with Crippen LogP contribution in [0.25, 0.3) is 0 Å². The van der Waals surface area contributed by atoms with Crippen LogP contribution in [-0.4, -0.2) is 54.6 Å². The quantitative estimate of drug-likeness (QED) is 0.884. The second-order valence-corrected chi connectivity index (χ2v) is 8.16. The van der Waals surface area contributed by atoms with Crippen LogP contribution in [0, 0.1) is 5.92 Å². The molecule has 3 atom stereocenters. The lowest BCUT2D eigenvalue weighted by Gasteiger charge is -2.51. The zero-order chi connectivity index (χ0) is 19.3. The van der Waals surface area contributed by atoms with E-state index in [0.29, 0.717) is 29.5 Å². The molecule has 4 aliphatic rings. The van der Waals surface area contributed by atoms with Crippen LogP contribution in [0.5, 0.6) is 5.75 Å². The number of benzene rings is 1.